The van der Waals surface area contributed by atoms with Crippen molar-refractivity contribution in [2.45, 2.75) is 20.0 Å². The molecule has 0 atom stereocenters. The van der Waals surface area contributed by atoms with E-state index in [-0.39, 0.29) is 5.84 Å². The van der Waals surface area contributed by atoms with Gasteiger partial charge in [0.25, 0.3) is 0 Å². The first-order valence-electron chi connectivity index (χ1n) is 6.25. The van der Waals surface area contributed by atoms with E-state index < -0.39 is 0 Å². The number of nitrogens with one attached hydrogen (secondary N) is 1. The van der Waals surface area contributed by atoms with E-state index in [1.165, 1.54) is 0 Å². The van der Waals surface area contributed by atoms with E-state index in [9.17, 15) is 0 Å². The van der Waals surface area contributed by atoms with Gasteiger partial charge in [-0.1, -0.05) is 17.3 Å². The van der Waals surface area contributed by atoms with Crippen LogP contribution in [0, 0.1) is 6.92 Å². The van der Waals surface area contributed by atoms with E-state index in [1.807, 2.05) is 37.3 Å². The van der Waals surface area contributed by atoms with Gasteiger partial charge in [-0.2, -0.15) is 10.2 Å². The van der Waals surface area contributed by atoms with Crippen LogP contribution in [0.3, 0.4) is 0 Å². The molecule has 4 N–H and O–H groups in total. The summed E-state index contributed by atoms with van der Waals surface area (Å²) in [7, 11) is 0. The van der Waals surface area contributed by atoms with Crippen molar-refractivity contribution < 1.29 is 5.21 Å². The first kappa shape index (κ1) is 14.0. The highest BCUT2D eigenvalue weighted by molar-refractivity contribution is 5.97. The molecule has 0 fully saturated rings. The molecular formula is C14H17N5O. The Balaban J connectivity index is 1.97. The first-order valence-corrected chi connectivity index (χ1v) is 6.25. The fraction of sp³-hybridized carbons (Fsp3) is 0.214. The third kappa shape index (κ3) is 3.52. The molecule has 0 bridgehead atoms. The molecule has 0 aliphatic rings. The number of benzene rings is 1. The van der Waals surface area contributed by atoms with Crippen LogP contribution in [0.15, 0.2) is 41.7 Å². The minimum Gasteiger partial charge on any atom is -0.409 e. The predicted octanol–water partition coefficient (Wildman–Crippen LogP) is 1.17. The van der Waals surface area contributed by atoms with Gasteiger partial charge < -0.3 is 16.3 Å². The number of hydrogen-bond acceptors (Lipinski definition) is 5. The lowest BCUT2D eigenvalue weighted by atomic mass is 10.0. The molecule has 0 aliphatic carbocycles. The summed E-state index contributed by atoms with van der Waals surface area (Å²) in [5.41, 5.74) is 9.41. The van der Waals surface area contributed by atoms with Gasteiger partial charge in [-0.25, -0.2) is 0 Å². The molecule has 1 aromatic heterocycles. The molecular weight excluding hydrogens is 254 g/mol. The largest absolute Gasteiger partial charge is 0.409 e. The molecule has 0 amide bonds. The van der Waals surface area contributed by atoms with E-state index in [4.69, 9.17) is 10.9 Å². The van der Waals surface area contributed by atoms with Gasteiger partial charge in [0.05, 0.1) is 5.69 Å². The average Bonchev–Trinajstić information content (AvgIpc) is 2.49. The lowest BCUT2D eigenvalue weighted by Crippen LogP contribution is -2.16. The molecule has 0 aliphatic heterocycles. The minimum absolute atomic E-state index is 0.118. The van der Waals surface area contributed by atoms with Crippen LogP contribution in [0.1, 0.15) is 22.4 Å². The SMILES string of the molecule is Cc1cc(/C(N)=N/O)ccc1CNCc1cccnn1. The Morgan fingerprint density at radius 2 is 2.20 bits per heavy atom. The zero-order valence-corrected chi connectivity index (χ0v) is 11.2. The van der Waals surface area contributed by atoms with Gasteiger partial charge in [0.2, 0.25) is 0 Å². The lowest BCUT2D eigenvalue weighted by molar-refractivity contribution is 0.318. The topological polar surface area (TPSA) is 96.4 Å². The van der Waals surface area contributed by atoms with Crippen LogP contribution in [-0.4, -0.2) is 21.2 Å². The van der Waals surface area contributed by atoms with Crippen molar-refractivity contribution in [3.05, 3.63) is 58.9 Å². The Hall–Kier alpha value is -2.47. The maximum absolute atomic E-state index is 8.65. The number of rotatable bonds is 5. The number of amidine groups is 1. The maximum Gasteiger partial charge on any atom is 0.170 e. The van der Waals surface area contributed by atoms with Gasteiger partial charge in [-0.05, 0) is 36.2 Å². The highest BCUT2D eigenvalue weighted by atomic mass is 16.4. The van der Waals surface area contributed by atoms with Gasteiger partial charge in [0.15, 0.2) is 5.84 Å². The summed E-state index contributed by atoms with van der Waals surface area (Å²) >= 11 is 0. The molecule has 0 radical (unpaired) electrons. The molecule has 6 heteroatoms. The van der Waals surface area contributed by atoms with Crippen LogP contribution >= 0.6 is 0 Å². The zero-order valence-electron chi connectivity index (χ0n) is 11.2. The van der Waals surface area contributed by atoms with Crippen LogP contribution in [0.25, 0.3) is 0 Å². The third-order valence-corrected chi connectivity index (χ3v) is 3.00. The molecule has 2 rings (SSSR count). The van der Waals surface area contributed by atoms with Crippen LogP contribution in [-0.2, 0) is 13.1 Å². The smallest absolute Gasteiger partial charge is 0.170 e. The van der Waals surface area contributed by atoms with Crippen molar-refractivity contribution in [2.24, 2.45) is 10.9 Å². The Morgan fingerprint density at radius 3 is 2.85 bits per heavy atom. The Kier molecular flexibility index (Phi) is 4.62. The average molecular weight is 271 g/mol. The minimum atomic E-state index is 0.118. The molecule has 0 spiro atoms. The number of oxime groups is 1. The lowest BCUT2D eigenvalue weighted by Gasteiger charge is -2.09. The molecule has 0 saturated heterocycles. The summed E-state index contributed by atoms with van der Waals surface area (Å²) < 4.78 is 0. The standard InChI is InChI=1S/C14H17N5O/c1-10-7-11(14(15)19-20)4-5-12(10)8-16-9-13-3-2-6-17-18-13/h2-7,16,20H,8-9H2,1H3,(H2,15,19). The second-order valence-electron chi connectivity index (χ2n) is 4.45. The van der Waals surface area contributed by atoms with Crippen molar-refractivity contribution >= 4 is 5.84 Å². The molecule has 20 heavy (non-hydrogen) atoms. The van der Waals surface area contributed by atoms with E-state index in [2.05, 4.69) is 20.7 Å². The van der Waals surface area contributed by atoms with Crippen LogP contribution < -0.4 is 11.1 Å². The van der Waals surface area contributed by atoms with Gasteiger partial charge in [0.1, 0.15) is 0 Å². The fourth-order valence-corrected chi connectivity index (χ4v) is 1.86. The van der Waals surface area contributed by atoms with Crippen LogP contribution in [0.4, 0.5) is 0 Å². The second-order valence-corrected chi connectivity index (χ2v) is 4.45. The maximum atomic E-state index is 8.65. The van der Waals surface area contributed by atoms with E-state index in [0.29, 0.717) is 12.1 Å². The Labute approximate surface area is 117 Å². The Bertz CT molecular complexity index is 598. The zero-order chi connectivity index (χ0) is 14.4. The molecule has 1 aromatic carbocycles. The summed E-state index contributed by atoms with van der Waals surface area (Å²) in [5.74, 6) is 0.118. The fourth-order valence-electron chi connectivity index (χ4n) is 1.86. The summed E-state index contributed by atoms with van der Waals surface area (Å²) in [6, 6.07) is 9.48. The molecule has 0 saturated carbocycles. The summed E-state index contributed by atoms with van der Waals surface area (Å²) in [6.07, 6.45) is 1.65. The van der Waals surface area contributed by atoms with Gasteiger partial charge in [-0.3, -0.25) is 0 Å². The van der Waals surface area contributed by atoms with E-state index in [1.54, 1.807) is 6.20 Å². The molecule has 1 heterocycles. The van der Waals surface area contributed by atoms with Crippen molar-refractivity contribution in [3.8, 4) is 0 Å². The van der Waals surface area contributed by atoms with Gasteiger partial charge in [0, 0.05) is 24.8 Å². The van der Waals surface area contributed by atoms with Crippen molar-refractivity contribution in [1.29, 1.82) is 0 Å². The highest BCUT2D eigenvalue weighted by Gasteiger charge is 2.03. The van der Waals surface area contributed by atoms with Crippen LogP contribution in [0.5, 0.6) is 0 Å². The number of aromatic nitrogens is 2. The Morgan fingerprint density at radius 1 is 1.35 bits per heavy atom. The third-order valence-electron chi connectivity index (χ3n) is 3.00. The molecule has 0 unspecified atom stereocenters. The van der Waals surface area contributed by atoms with Crippen molar-refractivity contribution in [3.63, 3.8) is 0 Å². The number of hydrogen-bond donors (Lipinski definition) is 3. The summed E-state index contributed by atoms with van der Waals surface area (Å²) in [6.45, 7) is 3.38. The summed E-state index contributed by atoms with van der Waals surface area (Å²) in [4.78, 5) is 0. The highest BCUT2D eigenvalue weighted by Crippen LogP contribution is 2.11. The monoisotopic (exact) mass is 271 g/mol. The number of nitrogens with zero attached hydrogens (tertiary/aromatic N) is 3. The molecule has 6 nitrogen and oxygen atoms in total. The van der Waals surface area contributed by atoms with E-state index >= 15 is 0 Å². The van der Waals surface area contributed by atoms with Crippen molar-refractivity contribution in [1.82, 2.24) is 15.5 Å². The first-order chi connectivity index (χ1) is 9.70. The van der Waals surface area contributed by atoms with Crippen LogP contribution in [0.2, 0.25) is 0 Å². The number of nitrogens with two attached hydrogens (primary N) is 1. The van der Waals surface area contributed by atoms with Crippen molar-refractivity contribution in [2.75, 3.05) is 0 Å². The quantitative estimate of drug-likeness (QED) is 0.328. The second kappa shape index (κ2) is 6.63. The molecule has 104 valence electrons. The number of aryl methyl sites for hydroxylation is 1. The normalized spacial score (nSPS) is 11.6. The predicted molar refractivity (Wildman–Crippen MR) is 76.3 cm³/mol. The van der Waals surface area contributed by atoms with Gasteiger partial charge in [-0.15, -0.1) is 0 Å². The van der Waals surface area contributed by atoms with Gasteiger partial charge >= 0.3 is 0 Å². The molecule has 2 aromatic rings. The van der Waals surface area contributed by atoms with E-state index in [0.717, 1.165) is 23.4 Å². The summed E-state index contributed by atoms with van der Waals surface area (Å²) in [5, 5.41) is 22.8.